The lowest BCUT2D eigenvalue weighted by molar-refractivity contribution is -0.143. The molecule has 1 aliphatic heterocycles. The van der Waals surface area contributed by atoms with Gasteiger partial charge in [-0.15, -0.1) is 0 Å². The van der Waals surface area contributed by atoms with Crippen molar-refractivity contribution in [3.05, 3.63) is 23.8 Å². The summed E-state index contributed by atoms with van der Waals surface area (Å²) < 4.78 is 5.50. The van der Waals surface area contributed by atoms with Crippen LogP contribution < -0.4 is 9.64 Å². The van der Waals surface area contributed by atoms with Crippen LogP contribution in [-0.4, -0.2) is 60.3 Å². The first-order valence-electron chi connectivity index (χ1n) is 7.78. The molecule has 0 radical (unpaired) electrons. The summed E-state index contributed by atoms with van der Waals surface area (Å²) in [5.41, 5.74) is 0.869. The smallest absolute Gasteiger partial charge is 0.323 e. The van der Waals surface area contributed by atoms with E-state index in [9.17, 15) is 19.2 Å². The number of likely N-dealkylation sites (N-methyl/N-ethyl adjacent to an activating group) is 2. The molecule has 25 heavy (non-hydrogen) atoms. The number of amides is 2. The van der Waals surface area contributed by atoms with Crippen molar-refractivity contribution in [1.82, 2.24) is 4.90 Å². The average Bonchev–Trinajstić information content (AvgIpc) is 2.56. The van der Waals surface area contributed by atoms with Gasteiger partial charge in [0.25, 0.3) is 5.91 Å². The molecule has 0 aliphatic carbocycles. The molecular formula is C17H20N2O6. The molecule has 0 spiro atoms. The zero-order valence-corrected chi connectivity index (χ0v) is 14.3. The molecule has 2 amide bonds. The number of fused-ring (bicyclic) bond motifs is 1. The number of carboxylic acid groups (broad SMARTS) is 1. The molecule has 0 fully saturated rings. The Morgan fingerprint density at radius 2 is 1.96 bits per heavy atom. The number of benzene rings is 1. The SMILES string of the molecule is CC1Oc2ccc(C(=O)CCC(=O)N(C)CC(=O)O)cc2N(C)C1=O. The van der Waals surface area contributed by atoms with Gasteiger partial charge < -0.3 is 19.6 Å². The summed E-state index contributed by atoms with van der Waals surface area (Å²) in [6.45, 7) is 1.24. The van der Waals surface area contributed by atoms with Crippen molar-refractivity contribution in [3.8, 4) is 5.75 Å². The lowest BCUT2D eigenvalue weighted by atomic mass is 10.0. The highest BCUT2D eigenvalue weighted by molar-refractivity contribution is 6.03. The van der Waals surface area contributed by atoms with Crippen molar-refractivity contribution >= 4 is 29.3 Å². The Kier molecular flexibility index (Phi) is 5.41. The second-order valence-corrected chi connectivity index (χ2v) is 5.91. The normalized spacial score (nSPS) is 16.0. The maximum atomic E-state index is 12.3. The number of carbonyl (C=O) groups is 4. The van der Waals surface area contributed by atoms with Gasteiger partial charge >= 0.3 is 5.97 Å². The molecule has 134 valence electrons. The minimum absolute atomic E-state index is 0.0451. The van der Waals surface area contributed by atoms with E-state index >= 15 is 0 Å². The average molecular weight is 348 g/mol. The quantitative estimate of drug-likeness (QED) is 0.767. The van der Waals surface area contributed by atoms with Crippen LogP contribution >= 0.6 is 0 Å². The van der Waals surface area contributed by atoms with E-state index in [1.165, 1.54) is 11.9 Å². The third-order valence-corrected chi connectivity index (χ3v) is 3.99. The number of hydrogen-bond donors (Lipinski definition) is 1. The number of ketones is 1. The molecule has 0 aromatic heterocycles. The number of hydrogen-bond acceptors (Lipinski definition) is 5. The zero-order valence-electron chi connectivity index (χ0n) is 14.3. The summed E-state index contributed by atoms with van der Waals surface area (Å²) in [7, 11) is 2.98. The van der Waals surface area contributed by atoms with Crippen LogP contribution in [0.15, 0.2) is 18.2 Å². The van der Waals surface area contributed by atoms with E-state index in [-0.39, 0.29) is 24.5 Å². The number of Topliss-reactive ketones (excluding diaryl/α,β-unsaturated/α-hetero) is 1. The summed E-state index contributed by atoms with van der Waals surface area (Å²) in [6, 6.07) is 4.77. The van der Waals surface area contributed by atoms with Crippen LogP contribution in [0.25, 0.3) is 0 Å². The van der Waals surface area contributed by atoms with Gasteiger partial charge in [0.2, 0.25) is 5.91 Å². The van der Waals surface area contributed by atoms with E-state index in [1.807, 2.05) is 0 Å². The molecule has 8 heteroatoms. The number of carboxylic acids is 1. The van der Waals surface area contributed by atoms with Crippen LogP contribution in [-0.2, 0) is 14.4 Å². The summed E-state index contributed by atoms with van der Waals surface area (Å²) in [5, 5.41) is 8.66. The van der Waals surface area contributed by atoms with Crippen molar-refractivity contribution in [1.29, 1.82) is 0 Å². The molecule has 0 saturated heterocycles. The number of ether oxygens (including phenoxy) is 1. The summed E-state index contributed by atoms with van der Waals surface area (Å²) in [4.78, 5) is 49.2. The number of anilines is 1. The van der Waals surface area contributed by atoms with E-state index in [1.54, 1.807) is 32.2 Å². The van der Waals surface area contributed by atoms with Gasteiger partial charge in [-0.1, -0.05) is 0 Å². The fraction of sp³-hybridized carbons (Fsp3) is 0.412. The van der Waals surface area contributed by atoms with Gasteiger partial charge in [-0.2, -0.15) is 0 Å². The second kappa shape index (κ2) is 7.33. The number of nitrogens with zero attached hydrogens (tertiary/aromatic N) is 2. The van der Waals surface area contributed by atoms with E-state index < -0.39 is 24.5 Å². The van der Waals surface area contributed by atoms with E-state index in [2.05, 4.69) is 0 Å². The van der Waals surface area contributed by atoms with Crippen molar-refractivity contribution in [2.24, 2.45) is 0 Å². The molecule has 8 nitrogen and oxygen atoms in total. The summed E-state index contributed by atoms with van der Waals surface area (Å²) in [6.07, 6.45) is -0.708. The van der Waals surface area contributed by atoms with Crippen LogP contribution in [0.5, 0.6) is 5.75 Å². The third kappa shape index (κ3) is 4.14. The highest BCUT2D eigenvalue weighted by Gasteiger charge is 2.29. The molecule has 0 bridgehead atoms. The molecule has 1 heterocycles. The zero-order chi connectivity index (χ0) is 18.7. The Morgan fingerprint density at radius 1 is 1.28 bits per heavy atom. The van der Waals surface area contributed by atoms with Gasteiger partial charge in [0.05, 0.1) is 5.69 Å². The summed E-state index contributed by atoms with van der Waals surface area (Å²) in [5.74, 6) is -1.48. The molecular weight excluding hydrogens is 328 g/mol. The van der Waals surface area contributed by atoms with Crippen molar-refractivity contribution in [3.63, 3.8) is 0 Å². The fourth-order valence-corrected chi connectivity index (χ4v) is 2.53. The van der Waals surface area contributed by atoms with Gasteiger partial charge in [-0.05, 0) is 25.1 Å². The number of aliphatic carboxylic acids is 1. The van der Waals surface area contributed by atoms with Gasteiger partial charge in [-0.25, -0.2) is 0 Å². The number of carbonyl (C=O) groups excluding carboxylic acids is 3. The highest BCUT2D eigenvalue weighted by Crippen LogP contribution is 2.34. The van der Waals surface area contributed by atoms with Crippen LogP contribution in [0, 0.1) is 0 Å². The van der Waals surface area contributed by atoms with E-state index in [4.69, 9.17) is 9.84 Å². The lowest BCUT2D eigenvalue weighted by Crippen LogP contribution is -2.42. The van der Waals surface area contributed by atoms with Crippen LogP contribution in [0.4, 0.5) is 5.69 Å². The van der Waals surface area contributed by atoms with Crippen molar-refractivity contribution in [2.45, 2.75) is 25.9 Å². The highest BCUT2D eigenvalue weighted by atomic mass is 16.5. The molecule has 2 rings (SSSR count). The van der Waals surface area contributed by atoms with Crippen LogP contribution in [0.2, 0.25) is 0 Å². The number of rotatable bonds is 6. The molecule has 1 aromatic carbocycles. The maximum Gasteiger partial charge on any atom is 0.323 e. The minimum Gasteiger partial charge on any atom is -0.480 e. The standard InChI is InChI=1S/C17H20N2O6/c1-10-17(24)19(3)12-8-11(4-6-14(12)25-10)13(20)5-7-15(21)18(2)9-16(22)23/h4,6,8,10H,5,7,9H2,1-3H3,(H,22,23). The lowest BCUT2D eigenvalue weighted by Gasteiger charge is -2.30. The Labute approximate surface area is 145 Å². The maximum absolute atomic E-state index is 12.3. The molecule has 1 unspecified atom stereocenters. The predicted octanol–water partition coefficient (Wildman–Crippen LogP) is 0.936. The van der Waals surface area contributed by atoms with E-state index in [0.717, 1.165) is 4.90 Å². The predicted molar refractivity (Wildman–Crippen MR) is 88.8 cm³/mol. The molecule has 1 N–H and O–H groups in total. The van der Waals surface area contributed by atoms with Gasteiger partial charge in [0.1, 0.15) is 12.3 Å². The first kappa shape index (κ1) is 18.4. The Balaban J connectivity index is 2.05. The van der Waals surface area contributed by atoms with Gasteiger partial charge in [-0.3, -0.25) is 19.2 Å². The third-order valence-electron chi connectivity index (χ3n) is 3.99. The van der Waals surface area contributed by atoms with Crippen LogP contribution in [0.1, 0.15) is 30.1 Å². The molecule has 1 aliphatic rings. The monoisotopic (exact) mass is 348 g/mol. The van der Waals surface area contributed by atoms with Crippen LogP contribution in [0.3, 0.4) is 0 Å². The second-order valence-electron chi connectivity index (χ2n) is 5.91. The van der Waals surface area contributed by atoms with Gasteiger partial charge in [0, 0.05) is 32.5 Å². The minimum atomic E-state index is -1.11. The molecule has 1 aromatic rings. The Bertz CT molecular complexity index is 730. The van der Waals surface area contributed by atoms with Crippen molar-refractivity contribution in [2.75, 3.05) is 25.5 Å². The van der Waals surface area contributed by atoms with E-state index in [0.29, 0.717) is 17.0 Å². The fourth-order valence-electron chi connectivity index (χ4n) is 2.53. The largest absolute Gasteiger partial charge is 0.480 e. The first-order valence-corrected chi connectivity index (χ1v) is 7.78. The van der Waals surface area contributed by atoms with Crippen molar-refractivity contribution < 1.29 is 29.0 Å². The summed E-state index contributed by atoms with van der Waals surface area (Å²) >= 11 is 0. The molecule has 1 atom stereocenters. The Morgan fingerprint density at radius 3 is 2.60 bits per heavy atom. The Hall–Kier alpha value is -2.90. The first-order chi connectivity index (χ1) is 11.7. The van der Waals surface area contributed by atoms with Gasteiger partial charge in [0.15, 0.2) is 11.9 Å². The molecule has 0 saturated carbocycles. The topological polar surface area (TPSA) is 104 Å².